The number of esters is 4. The standard InChI is InChI=1S/C30H12F6O6/c31-29(32,33)23-7-3-1-5-13(23)15-9-19-21-11-17(15)18-12-22(28(40)42-27(21)39)20(26(38)41-25(19)37)10-16(18)14-6-2-4-8-24(14)30(34,35)36/h1-12H. The molecule has 0 saturated heterocycles. The predicted molar refractivity (Wildman–Crippen MR) is 132 cm³/mol. The summed E-state index contributed by atoms with van der Waals surface area (Å²) in [5.41, 5.74) is -7.14. The normalized spacial score (nSPS) is 14.5. The van der Waals surface area contributed by atoms with E-state index in [0.717, 1.165) is 60.7 Å². The Morgan fingerprint density at radius 1 is 0.381 bits per heavy atom. The topological polar surface area (TPSA) is 86.7 Å². The molecule has 6 nitrogen and oxygen atoms in total. The summed E-state index contributed by atoms with van der Waals surface area (Å²) in [6, 6.07) is 12.0. The van der Waals surface area contributed by atoms with E-state index in [1.54, 1.807) is 0 Å². The lowest BCUT2D eigenvalue weighted by Gasteiger charge is -2.21. The van der Waals surface area contributed by atoms with Crippen molar-refractivity contribution >= 4 is 23.9 Å². The second kappa shape index (κ2) is 9.13. The molecule has 12 heteroatoms. The van der Waals surface area contributed by atoms with Gasteiger partial charge in [-0.15, -0.1) is 0 Å². The number of carbonyl (C=O) groups excluding carboxylic acids is 4. The molecular formula is C30H12F6O6. The van der Waals surface area contributed by atoms with Gasteiger partial charge in [-0.2, -0.15) is 26.3 Å². The van der Waals surface area contributed by atoms with Crippen molar-refractivity contribution in [3.63, 3.8) is 0 Å². The monoisotopic (exact) mass is 582 g/mol. The molecule has 0 N–H and O–H groups in total. The van der Waals surface area contributed by atoms with E-state index in [1.165, 1.54) is 12.1 Å². The number of fused-ring (bicyclic) bond motifs is 5. The summed E-state index contributed by atoms with van der Waals surface area (Å²) in [5, 5.41) is 0. The highest BCUT2D eigenvalue weighted by Crippen LogP contribution is 2.48. The van der Waals surface area contributed by atoms with Crippen molar-refractivity contribution < 1.29 is 55.0 Å². The van der Waals surface area contributed by atoms with E-state index >= 15 is 0 Å². The summed E-state index contributed by atoms with van der Waals surface area (Å²) in [7, 11) is 0. The molecule has 0 spiro atoms. The Hall–Kier alpha value is -5.26. The highest BCUT2D eigenvalue weighted by Gasteiger charge is 2.39. The van der Waals surface area contributed by atoms with Crippen LogP contribution in [0.25, 0.3) is 33.4 Å². The van der Waals surface area contributed by atoms with Gasteiger partial charge in [0.25, 0.3) is 0 Å². The molecule has 0 aliphatic carbocycles. The van der Waals surface area contributed by atoms with E-state index in [-0.39, 0.29) is 22.3 Å². The Morgan fingerprint density at radius 3 is 0.929 bits per heavy atom. The van der Waals surface area contributed by atoms with Crippen LogP contribution in [0.1, 0.15) is 52.6 Å². The van der Waals surface area contributed by atoms with Crippen LogP contribution >= 0.6 is 0 Å². The van der Waals surface area contributed by atoms with Gasteiger partial charge in [0.05, 0.1) is 33.4 Å². The minimum absolute atomic E-state index is 0.237. The van der Waals surface area contributed by atoms with Crippen molar-refractivity contribution in [3.8, 4) is 33.4 Å². The quantitative estimate of drug-likeness (QED) is 0.140. The molecule has 0 atom stereocenters. The van der Waals surface area contributed by atoms with Crippen molar-refractivity contribution in [3.05, 3.63) is 106 Å². The largest absolute Gasteiger partial charge is 0.417 e. The first kappa shape index (κ1) is 26.9. The molecule has 210 valence electrons. The zero-order chi connectivity index (χ0) is 30.1. The number of hydrogen-bond acceptors (Lipinski definition) is 6. The number of alkyl halides is 6. The lowest BCUT2D eigenvalue weighted by Crippen LogP contribution is -2.23. The zero-order valence-corrected chi connectivity index (χ0v) is 20.6. The summed E-state index contributed by atoms with van der Waals surface area (Å²) in [5.74, 6) is -5.68. The fraction of sp³-hybridized carbons (Fsp3) is 0.0667. The number of hydrogen-bond donors (Lipinski definition) is 0. The summed E-state index contributed by atoms with van der Waals surface area (Å²) < 4.78 is 94.5. The van der Waals surface area contributed by atoms with Gasteiger partial charge in [-0.3, -0.25) is 0 Å². The number of carbonyl (C=O) groups is 4. The Labute approximate surface area is 231 Å². The Bertz CT molecular complexity index is 1750. The van der Waals surface area contributed by atoms with Crippen LogP contribution in [0.3, 0.4) is 0 Å². The molecule has 4 aromatic carbocycles. The van der Waals surface area contributed by atoms with Crippen LogP contribution in [-0.2, 0) is 21.8 Å². The fourth-order valence-electron chi connectivity index (χ4n) is 5.08. The number of benzene rings is 4. The van der Waals surface area contributed by atoms with E-state index in [4.69, 9.17) is 9.47 Å². The minimum Gasteiger partial charge on any atom is -0.386 e. The lowest BCUT2D eigenvalue weighted by atomic mass is 9.83. The second-order valence-electron chi connectivity index (χ2n) is 9.33. The van der Waals surface area contributed by atoms with Crippen molar-refractivity contribution in [1.29, 1.82) is 0 Å². The highest BCUT2D eigenvalue weighted by atomic mass is 19.4. The third-order valence-electron chi connectivity index (χ3n) is 6.90. The molecule has 0 radical (unpaired) electrons. The van der Waals surface area contributed by atoms with E-state index < -0.39 is 80.7 Å². The van der Waals surface area contributed by atoms with Crippen molar-refractivity contribution in [2.24, 2.45) is 0 Å². The molecule has 2 aliphatic rings. The second-order valence-corrected chi connectivity index (χ2v) is 9.33. The molecule has 0 fully saturated rings. The molecule has 2 heterocycles. The molecule has 0 saturated carbocycles. The van der Waals surface area contributed by atoms with Gasteiger partial charge in [0, 0.05) is 0 Å². The van der Waals surface area contributed by atoms with Crippen molar-refractivity contribution in [2.75, 3.05) is 0 Å². The molecular weight excluding hydrogens is 570 g/mol. The third-order valence-corrected chi connectivity index (χ3v) is 6.90. The molecule has 4 bridgehead atoms. The van der Waals surface area contributed by atoms with Gasteiger partial charge in [-0.25, -0.2) is 19.2 Å². The van der Waals surface area contributed by atoms with Crippen molar-refractivity contribution in [2.45, 2.75) is 12.4 Å². The molecule has 0 unspecified atom stereocenters. The number of rotatable bonds is 2. The zero-order valence-electron chi connectivity index (χ0n) is 20.6. The van der Waals surface area contributed by atoms with Gasteiger partial charge >= 0.3 is 36.2 Å². The predicted octanol–water partition coefficient (Wildman–Crippen LogP) is 7.35. The molecule has 42 heavy (non-hydrogen) atoms. The van der Waals surface area contributed by atoms with E-state index in [9.17, 15) is 45.5 Å². The molecule has 6 rings (SSSR count). The van der Waals surface area contributed by atoms with Crippen LogP contribution in [0, 0.1) is 0 Å². The summed E-state index contributed by atoms with van der Waals surface area (Å²) >= 11 is 0. The smallest absolute Gasteiger partial charge is 0.386 e. The first-order valence-electron chi connectivity index (χ1n) is 12.0. The van der Waals surface area contributed by atoms with E-state index in [2.05, 4.69) is 0 Å². The van der Waals surface area contributed by atoms with Crippen LogP contribution in [0.4, 0.5) is 26.3 Å². The average Bonchev–Trinajstić information content (AvgIpc) is 2.96. The van der Waals surface area contributed by atoms with Gasteiger partial charge < -0.3 is 9.47 Å². The van der Waals surface area contributed by atoms with Crippen LogP contribution < -0.4 is 0 Å². The summed E-state index contributed by atoms with van der Waals surface area (Å²) in [6.07, 6.45) is -9.83. The first-order valence-corrected chi connectivity index (χ1v) is 12.0. The van der Waals surface area contributed by atoms with Gasteiger partial charge in [0.2, 0.25) is 0 Å². The molecule has 4 aromatic rings. The van der Waals surface area contributed by atoms with Gasteiger partial charge in [0.15, 0.2) is 0 Å². The van der Waals surface area contributed by atoms with Crippen LogP contribution in [0.5, 0.6) is 0 Å². The Balaban J connectivity index is 1.84. The van der Waals surface area contributed by atoms with Crippen LogP contribution in [0.15, 0.2) is 72.8 Å². The number of halogens is 6. The first-order chi connectivity index (χ1) is 19.8. The SMILES string of the molecule is O=C1OC(=O)c2cc3c(-c4ccccc4C(F)(F)F)cc2C(=O)OC(=O)c2cc(-c4ccccc4C(F)(F)F)c-3cc21. The summed E-state index contributed by atoms with van der Waals surface area (Å²) in [4.78, 5) is 52.2. The highest BCUT2D eigenvalue weighted by molar-refractivity contribution is 6.18. The average molecular weight is 582 g/mol. The molecule has 2 aliphatic heterocycles. The van der Waals surface area contributed by atoms with Gasteiger partial charge in [-0.05, 0) is 69.8 Å². The summed E-state index contributed by atoms with van der Waals surface area (Å²) in [6.45, 7) is 0. The Kier molecular flexibility index (Phi) is 5.85. The maximum atomic E-state index is 14.1. The minimum atomic E-state index is -4.92. The maximum Gasteiger partial charge on any atom is 0.417 e. The van der Waals surface area contributed by atoms with Crippen molar-refractivity contribution in [1.82, 2.24) is 0 Å². The fourth-order valence-corrected chi connectivity index (χ4v) is 5.08. The lowest BCUT2D eigenvalue weighted by molar-refractivity contribution is -0.137. The van der Waals surface area contributed by atoms with E-state index in [0.29, 0.717) is 0 Å². The third kappa shape index (κ3) is 4.23. The van der Waals surface area contributed by atoms with E-state index in [1.807, 2.05) is 0 Å². The van der Waals surface area contributed by atoms with Crippen LogP contribution in [0.2, 0.25) is 0 Å². The van der Waals surface area contributed by atoms with Crippen LogP contribution in [-0.4, -0.2) is 23.9 Å². The molecule has 0 aromatic heterocycles. The maximum absolute atomic E-state index is 14.1. The number of ether oxygens (including phenoxy) is 2. The molecule has 0 amide bonds. The van der Waals surface area contributed by atoms with Gasteiger partial charge in [0.1, 0.15) is 0 Å². The van der Waals surface area contributed by atoms with Gasteiger partial charge in [-0.1, -0.05) is 36.4 Å². The number of cyclic esters (lactones) is 2. The Morgan fingerprint density at radius 2 is 0.643 bits per heavy atom.